The molecule has 1 saturated heterocycles. The molecule has 0 bridgehead atoms. The highest BCUT2D eigenvalue weighted by Gasteiger charge is 2.22. The highest BCUT2D eigenvalue weighted by molar-refractivity contribution is 7.20. The number of fused-ring (bicyclic) bond motifs is 1. The van der Waals surface area contributed by atoms with E-state index >= 15 is 0 Å². The maximum Gasteiger partial charge on any atom is 0.348 e. The number of ether oxygens (including phenoxy) is 1. The number of esters is 1. The number of carbonyl (C=O) groups is 1. The Kier molecular flexibility index (Phi) is 5.30. The average Bonchev–Trinajstić information content (AvgIpc) is 2.92. The van der Waals surface area contributed by atoms with Crippen molar-refractivity contribution in [2.45, 2.75) is 39.7 Å². The summed E-state index contributed by atoms with van der Waals surface area (Å²) in [5.74, 6) is 0.876. The Morgan fingerprint density at radius 2 is 2.17 bits per heavy atom. The zero-order valence-electron chi connectivity index (χ0n) is 14.4. The normalized spacial score (nSPS) is 15.8. The van der Waals surface area contributed by atoms with Crippen molar-refractivity contribution in [3.8, 4) is 0 Å². The summed E-state index contributed by atoms with van der Waals surface area (Å²) in [6.45, 7) is 8.46. The van der Waals surface area contributed by atoms with E-state index in [4.69, 9.17) is 4.74 Å². The Balaban J connectivity index is 1.87. The van der Waals surface area contributed by atoms with Gasteiger partial charge in [-0.15, -0.1) is 11.3 Å². The Hall–Kier alpha value is -1.73. The van der Waals surface area contributed by atoms with Gasteiger partial charge in [-0.05, 0) is 44.3 Å². The Labute approximate surface area is 146 Å². The highest BCUT2D eigenvalue weighted by Crippen LogP contribution is 2.34. The van der Waals surface area contributed by atoms with E-state index in [1.54, 1.807) is 6.33 Å². The number of anilines is 1. The van der Waals surface area contributed by atoms with E-state index in [1.165, 1.54) is 11.3 Å². The number of nitrogens with zero attached hydrogens (tertiary/aromatic N) is 2. The van der Waals surface area contributed by atoms with Gasteiger partial charge in [0.2, 0.25) is 0 Å². The minimum Gasteiger partial charge on any atom is -0.461 e. The van der Waals surface area contributed by atoms with Crippen molar-refractivity contribution in [1.82, 2.24) is 15.3 Å². The van der Waals surface area contributed by atoms with E-state index in [9.17, 15) is 4.79 Å². The fourth-order valence-corrected chi connectivity index (χ4v) is 3.89. The van der Waals surface area contributed by atoms with Crippen LogP contribution in [0.3, 0.4) is 0 Å². The molecular weight excluding hydrogens is 324 g/mol. The molecule has 0 aliphatic carbocycles. The zero-order chi connectivity index (χ0) is 17.1. The third-order valence-electron chi connectivity index (χ3n) is 4.14. The summed E-state index contributed by atoms with van der Waals surface area (Å²) in [6.07, 6.45) is 3.70. The van der Waals surface area contributed by atoms with Crippen LogP contribution in [0.2, 0.25) is 0 Å². The van der Waals surface area contributed by atoms with Crippen LogP contribution in [0.15, 0.2) is 6.33 Å². The standard InChI is InChI=1S/C17H24N4O2S/c1-10(2)8-23-17(22)14-11(3)13-15(19-9-20-16(13)24-14)21-12-4-6-18-7-5-12/h9-10,12,18H,4-8H2,1-3H3,(H,19,20,21). The molecule has 0 atom stereocenters. The van der Waals surface area contributed by atoms with Crippen molar-refractivity contribution >= 4 is 33.3 Å². The summed E-state index contributed by atoms with van der Waals surface area (Å²) >= 11 is 1.38. The van der Waals surface area contributed by atoms with Gasteiger partial charge in [-0.1, -0.05) is 13.8 Å². The van der Waals surface area contributed by atoms with E-state index in [0.717, 1.165) is 47.5 Å². The van der Waals surface area contributed by atoms with Gasteiger partial charge in [0.25, 0.3) is 0 Å². The first kappa shape index (κ1) is 17.1. The van der Waals surface area contributed by atoms with Crippen LogP contribution >= 0.6 is 11.3 Å². The maximum absolute atomic E-state index is 12.4. The van der Waals surface area contributed by atoms with Gasteiger partial charge in [0, 0.05) is 6.04 Å². The van der Waals surface area contributed by atoms with E-state index in [0.29, 0.717) is 23.4 Å². The molecule has 0 amide bonds. The summed E-state index contributed by atoms with van der Waals surface area (Å²) < 4.78 is 5.38. The second-order valence-electron chi connectivity index (χ2n) is 6.62. The molecule has 130 valence electrons. The first-order chi connectivity index (χ1) is 11.6. The molecule has 6 nitrogen and oxygen atoms in total. The topological polar surface area (TPSA) is 76.1 Å². The largest absolute Gasteiger partial charge is 0.461 e. The summed E-state index contributed by atoms with van der Waals surface area (Å²) in [7, 11) is 0. The number of thiophene rings is 1. The molecule has 24 heavy (non-hydrogen) atoms. The number of hydrogen-bond donors (Lipinski definition) is 2. The lowest BCUT2D eigenvalue weighted by Crippen LogP contribution is -2.35. The summed E-state index contributed by atoms with van der Waals surface area (Å²) in [5.41, 5.74) is 0.904. The van der Waals surface area contributed by atoms with Crippen LogP contribution in [0.5, 0.6) is 0 Å². The minimum atomic E-state index is -0.267. The molecule has 7 heteroatoms. The van der Waals surface area contributed by atoms with E-state index in [2.05, 4.69) is 20.6 Å². The number of aryl methyl sites for hydroxylation is 1. The molecule has 3 rings (SSSR count). The van der Waals surface area contributed by atoms with Crippen molar-refractivity contribution in [2.24, 2.45) is 5.92 Å². The Bertz CT molecular complexity index is 723. The third-order valence-corrected chi connectivity index (χ3v) is 5.32. The van der Waals surface area contributed by atoms with Gasteiger partial charge in [-0.25, -0.2) is 14.8 Å². The van der Waals surface area contributed by atoms with Gasteiger partial charge < -0.3 is 15.4 Å². The molecule has 0 saturated carbocycles. The fraction of sp³-hybridized carbons (Fsp3) is 0.588. The molecule has 0 radical (unpaired) electrons. The van der Waals surface area contributed by atoms with Crippen LogP contribution in [-0.2, 0) is 4.74 Å². The van der Waals surface area contributed by atoms with Crippen LogP contribution in [0.25, 0.3) is 10.2 Å². The summed E-state index contributed by atoms with van der Waals surface area (Å²) in [4.78, 5) is 22.6. The van der Waals surface area contributed by atoms with Gasteiger partial charge >= 0.3 is 5.97 Å². The van der Waals surface area contributed by atoms with Gasteiger partial charge in [-0.2, -0.15) is 0 Å². The SMILES string of the molecule is Cc1c(C(=O)OCC(C)C)sc2ncnc(NC3CCNCC3)c12. The van der Waals surface area contributed by atoms with Crippen molar-refractivity contribution in [2.75, 3.05) is 25.0 Å². The molecule has 0 aromatic carbocycles. The number of rotatable bonds is 5. The summed E-state index contributed by atoms with van der Waals surface area (Å²) in [6, 6.07) is 0.403. The first-order valence-electron chi connectivity index (χ1n) is 8.44. The summed E-state index contributed by atoms with van der Waals surface area (Å²) in [5, 5.41) is 7.83. The quantitative estimate of drug-likeness (QED) is 0.809. The molecule has 0 spiro atoms. The number of nitrogens with one attached hydrogen (secondary N) is 2. The molecule has 2 aromatic heterocycles. The fourth-order valence-electron chi connectivity index (χ4n) is 2.84. The van der Waals surface area contributed by atoms with E-state index < -0.39 is 0 Å². The molecule has 2 N–H and O–H groups in total. The van der Waals surface area contributed by atoms with Crippen molar-refractivity contribution < 1.29 is 9.53 Å². The second kappa shape index (κ2) is 7.44. The average molecular weight is 348 g/mol. The first-order valence-corrected chi connectivity index (χ1v) is 9.26. The number of aromatic nitrogens is 2. The minimum absolute atomic E-state index is 0.267. The molecule has 1 fully saturated rings. The van der Waals surface area contributed by atoms with Crippen LogP contribution in [-0.4, -0.2) is 41.7 Å². The van der Waals surface area contributed by atoms with Crippen LogP contribution in [0.1, 0.15) is 41.9 Å². The molecule has 2 aromatic rings. The lowest BCUT2D eigenvalue weighted by atomic mass is 10.1. The maximum atomic E-state index is 12.4. The number of carbonyl (C=O) groups excluding carboxylic acids is 1. The lowest BCUT2D eigenvalue weighted by Gasteiger charge is -2.24. The molecular formula is C17H24N4O2S. The molecule has 3 heterocycles. The number of piperidine rings is 1. The molecule has 1 aliphatic rings. The molecule has 1 aliphatic heterocycles. The van der Waals surface area contributed by atoms with Crippen molar-refractivity contribution in [1.29, 1.82) is 0 Å². The Morgan fingerprint density at radius 1 is 1.42 bits per heavy atom. The van der Waals surface area contributed by atoms with E-state index in [-0.39, 0.29) is 5.97 Å². The van der Waals surface area contributed by atoms with Crippen molar-refractivity contribution in [3.05, 3.63) is 16.8 Å². The second-order valence-corrected chi connectivity index (χ2v) is 7.62. The highest BCUT2D eigenvalue weighted by atomic mass is 32.1. The predicted molar refractivity (Wildman–Crippen MR) is 96.8 cm³/mol. The third kappa shape index (κ3) is 3.67. The zero-order valence-corrected chi connectivity index (χ0v) is 15.2. The van der Waals surface area contributed by atoms with Gasteiger partial charge in [0.15, 0.2) is 0 Å². The monoisotopic (exact) mass is 348 g/mol. The number of hydrogen-bond acceptors (Lipinski definition) is 7. The van der Waals surface area contributed by atoms with Gasteiger partial charge in [0.1, 0.15) is 21.9 Å². The van der Waals surface area contributed by atoms with Crippen LogP contribution in [0.4, 0.5) is 5.82 Å². The van der Waals surface area contributed by atoms with Gasteiger partial charge in [-0.3, -0.25) is 0 Å². The smallest absolute Gasteiger partial charge is 0.348 e. The predicted octanol–water partition coefficient (Wildman–Crippen LogP) is 2.98. The van der Waals surface area contributed by atoms with Crippen LogP contribution in [0, 0.1) is 12.8 Å². The van der Waals surface area contributed by atoms with Crippen molar-refractivity contribution in [3.63, 3.8) is 0 Å². The van der Waals surface area contributed by atoms with Crippen LogP contribution < -0.4 is 10.6 Å². The Morgan fingerprint density at radius 3 is 2.88 bits per heavy atom. The lowest BCUT2D eigenvalue weighted by molar-refractivity contribution is 0.0464. The van der Waals surface area contributed by atoms with Gasteiger partial charge in [0.05, 0.1) is 12.0 Å². The molecule has 0 unspecified atom stereocenters. The van der Waals surface area contributed by atoms with E-state index in [1.807, 2.05) is 20.8 Å².